The van der Waals surface area contributed by atoms with Gasteiger partial charge in [0.05, 0.1) is 0 Å². The molecule has 0 unspecified atom stereocenters. The Morgan fingerprint density at radius 1 is 1.70 bits per heavy atom. The van der Waals surface area contributed by atoms with E-state index in [4.69, 9.17) is 0 Å². The van der Waals surface area contributed by atoms with E-state index >= 15 is 0 Å². The van der Waals surface area contributed by atoms with Crippen molar-refractivity contribution >= 4 is 6.29 Å². The van der Waals surface area contributed by atoms with Crippen molar-refractivity contribution in [2.24, 2.45) is 5.41 Å². The van der Waals surface area contributed by atoms with Crippen molar-refractivity contribution in [2.45, 2.75) is 26.2 Å². The Bertz CT molecular complexity index is 116. The fourth-order valence-electron chi connectivity index (χ4n) is 1.63. The Balaban J connectivity index is 2.49. The zero-order valence-corrected chi connectivity index (χ0v) is 6.52. The molecule has 1 atom stereocenters. The molecule has 0 bridgehead atoms. The standard InChI is InChI=1S/C8H15NO/c1-2-3-8(7-10)4-5-9-6-8/h7,9H,2-6H2,1H3/t8-/m0/s1. The van der Waals surface area contributed by atoms with E-state index < -0.39 is 0 Å². The lowest BCUT2D eigenvalue weighted by molar-refractivity contribution is -0.115. The topological polar surface area (TPSA) is 29.1 Å². The highest BCUT2D eigenvalue weighted by Gasteiger charge is 2.31. The summed E-state index contributed by atoms with van der Waals surface area (Å²) in [7, 11) is 0. The van der Waals surface area contributed by atoms with Crippen molar-refractivity contribution in [2.75, 3.05) is 13.1 Å². The van der Waals surface area contributed by atoms with Crippen LogP contribution in [0.25, 0.3) is 0 Å². The summed E-state index contributed by atoms with van der Waals surface area (Å²) in [5.74, 6) is 0. The molecule has 0 aliphatic carbocycles. The third-order valence-electron chi connectivity index (χ3n) is 2.27. The van der Waals surface area contributed by atoms with Gasteiger partial charge in [-0.05, 0) is 19.4 Å². The predicted molar refractivity (Wildman–Crippen MR) is 40.9 cm³/mol. The van der Waals surface area contributed by atoms with Crippen molar-refractivity contribution in [1.82, 2.24) is 5.32 Å². The zero-order chi connectivity index (χ0) is 7.45. The molecule has 0 saturated carbocycles. The molecular weight excluding hydrogens is 126 g/mol. The minimum Gasteiger partial charge on any atom is -0.316 e. The summed E-state index contributed by atoms with van der Waals surface area (Å²) in [5.41, 5.74) is -0.00521. The maximum atomic E-state index is 10.7. The lowest BCUT2D eigenvalue weighted by Gasteiger charge is -2.18. The van der Waals surface area contributed by atoms with Crippen molar-refractivity contribution in [3.63, 3.8) is 0 Å². The summed E-state index contributed by atoms with van der Waals surface area (Å²) >= 11 is 0. The van der Waals surface area contributed by atoms with Gasteiger partial charge >= 0.3 is 0 Å². The van der Waals surface area contributed by atoms with Crippen LogP contribution < -0.4 is 5.32 Å². The molecule has 1 heterocycles. The van der Waals surface area contributed by atoms with E-state index in [9.17, 15) is 4.79 Å². The van der Waals surface area contributed by atoms with Gasteiger partial charge in [-0.25, -0.2) is 0 Å². The van der Waals surface area contributed by atoms with E-state index in [1.807, 2.05) is 0 Å². The molecule has 1 N–H and O–H groups in total. The van der Waals surface area contributed by atoms with Gasteiger partial charge in [0.25, 0.3) is 0 Å². The fourth-order valence-corrected chi connectivity index (χ4v) is 1.63. The SMILES string of the molecule is CCC[C@]1(C=O)CCNC1. The van der Waals surface area contributed by atoms with E-state index in [1.54, 1.807) is 0 Å². The van der Waals surface area contributed by atoms with Gasteiger partial charge in [0.15, 0.2) is 0 Å². The summed E-state index contributed by atoms with van der Waals surface area (Å²) in [6.07, 6.45) is 4.32. The van der Waals surface area contributed by atoms with E-state index in [-0.39, 0.29) is 5.41 Å². The molecule has 10 heavy (non-hydrogen) atoms. The highest BCUT2D eigenvalue weighted by atomic mass is 16.1. The Hall–Kier alpha value is -0.370. The highest BCUT2D eigenvalue weighted by Crippen LogP contribution is 2.27. The molecule has 0 aromatic heterocycles. The minimum absolute atomic E-state index is 0.00521. The second-order valence-corrected chi connectivity index (χ2v) is 3.16. The molecule has 1 fully saturated rings. The molecule has 0 aromatic rings. The van der Waals surface area contributed by atoms with E-state index in [1.165, 1.54) is 0 Å². The normalized spacial score (nSPS) is 32.5. The number of aldehydes is 1. The van der Waals surface area contributed by atoms with Gasteiger partial charge in [0.1, 0.15) is 6.29 Å². The second kappa shape index (κ2) is 3.15. The molecule has 1 aliphatic heterocycles. The molecule has 1 rings (SSSR count). The van der Waals surface area contributed by atoms with Crippen LogP contribution in [0.1, 0.15) is 26.2 Å². The summed E-state index contributed by atoms with van der Waals surface area (Å²) in [4.78, 5) is 10.7. The summed E-state index contributed by atoms with van der Waals surface area (Å²) < 4.78 is 0. The smallest absolute Gasteiger partial charge is 0.127 e. The number of nitrogens with one attached hydrogen (secondary N) is 1. The third-order valence-corrected chi connectivity index (χ3v) is 2.27. The Kier molecular flexibility index (Phi) is 2.44. The Morgan fingerprint density at radius 2 is 2.50 bits per heavy atom. The Labute approximate surface area is 62.0 Å². The number of carbonyl (C=O) groups excluding carboxylic acids is 1. The van der Waals surface area contributed by atoms with Crippen LogP contribution >= 0.6 is 0 Å². The third kappa shape index (κ3) is 1.37. The average molecular weight is 141 g/mol. The van der Waals surface area contributed by atoms with Gasteiger partial charge in [-0.2, -0.15) is 0 Å². The van der Waals surface area contributed by atoms with Gasteiger partial charge in [0.2, 0.25) is 0 Å². The van der Waals surface area contributed by atoms with Crippen LogP contribution in [-0.2, 0) is 4.79 Å². The molecule has 2 nitrogen and oxygen atoms in total. The van der Waals surface area contributed by atoms with E-state index in [0.717, 1.165) is 38.6 Å². The molecule has 1 saturated heterocycles. The number of carbonyl (C=O) groups is 1. The van der Waals surface area contributed by atoms with Crippen LogP contribution in [0.15, 0.2) is 0 Å². The van der Waals surface area contributed by atoms with E-state index in [2.05, 4.69) is 12.2 Å². The zero-order valence-electron chi connectivity index (χ0n) is 6.52. The molecule has 1 aliphatic rings. The first-order chi connectivity index (χ1) is 4.83. The number of hydrogen-bond donors (Lipinski definition) is 1. The molecule has 0 aromatic carbocycles. The molecule has 58 valence electrons. The lowest BCUT2D eigenvalue weighted by Crippen LogP contribution is -2.25. The first kappa shape index (κ1) is 7.73. The predicted octanol–water partition coefficient (Wildman–Crippen LogP) is 0.965. The quantitative estimate of drug-likeness (QED) is 0.593. The summed E-state index contributed by atoms with van der Waals surface area (Å²) in [5, 5.41) is 3.22. The maximum Gasteiger partial charge on any atom is 0.127 e. The molecule has 0 amide bonds. The van der Waals surface area contributed by atoms with Crippen LogP contribution in [0.4, 0.5) is 0 Å². The molecule has 0 spiro atoms. The van der Waals surface area contributed by atoms with Crippen LogP contribution in [0, 0.1) is 5.41 Å². The van der Waals surface area contributed by atoms with Crippen molar-refractivity contribution in [3.05, 3.63) is 0 Å². The molecule has 0 radical (unpaired) electrons. The van der Waals surface area contributed by atoms with Crippen molar-refractivity contribution < 1.29 is 4.79 Å². The first-order valence-corrected chi connectivity index (χ1v) is 4.00. The lowest BCUT2D eigenvalue weighted by atomic mass is 9.84. The maximum absolute atomic E-state index is 10.7. The first-order valence-electron chi connectivity index (χ1n) is 4.00. The van der Waals surface area contributed by atoms with Crippen molar-refractivity contribution in [1.29, 1.82) is 0 Å². The van der Waals surface area contributed by atoms with E-state index in [0.29, 0.717) is 0 Å². The van der Waals surface area contributed by atoms with Gasteiger partial charge in [-0.3, -0.25) is 0 Å². The fraction of sp³-hybridized carbons (Fsp3) is 0.875. The van der Waals surface area contributed by atoms with Gasteiger partial charge in [-0.15, -0.1) is 0 Å². The van der Waals surface area contributed by atoms with Crippen LogP contribution in [0.3, 0.4) is 0 Å². The summed E-state index contributed by atoms with van der Waals surface area (Å²) in [6.45, 7) is 4.03. The number of hydrogen-bond acceptors (Lipinski definition) is 2. The number of rotatable bonds is 3. The minimum atomic E-state index is -0.00521. The van der Waals surface area contributed by atoms with Crippen LogP contribution in [0.2, 0.25) is 0 Å². The van der Waals surface area contributed by atoms with Gasteiger partial charge in [0, 0.05) is 12.0 Å². The molecular formula is C8H15NO. The van der Waals surface area contributed by atoms with Crippen LogP contribution in [0.5, 0.6) is 0 Å². The van der Waals surface area contributed by atoms with Gasteiger partial charge < -0.3 is 10.1 Å². The Morgan fingerprint density at radius 3 is 2.90 bits per heavy atom. The monoisotopic (exact) mass is 141 g/mol. The summed E-state index contributed by atoms with van der Waals surface area (Å²) in [6, 6.07) is 0. The average Bonchev–Trinajstić information content (AvgIpc) is 2.39. The van der Waals surface area contributed by atoms with Crippen LogP contribution in [-0.4, -0.2) is 19.4 Å². The highest BCUT2D eigenvalue weighted by molar-refractivity contribution is 5.60. The van der Waals surface area contributed by atoms with Crippen molar-refractivity contribution in [3.8, 4) is 0 Å². The largest absolute Gasteiger partial charge is 0.316 e. The second-order valence-electron chi connectivity index (χ2n) is 3.16. The molecule has 2 heteroatoms. The van der Waals surface area contributed by atoms with Gasteiger partial charge in [-0.1, -0.05) is 13.3 Å².